The van der Waals surface area contributed by atoms with E-state index in [4.69, 9.17) is 5.11 Å². The Morgan fingerprint density at radius 3 is 2.00 bits per heavy atom. The zero-order valence-electron chi connectivity index (χ0n) is 14.3. The average Bonchev–Trinajstić information content (AvgIpc) is 2.55. The minimum absolute atomic E-state index is 0.135. The second-order valence-corrected chi connectivity index (χ2v) is 6.09. The van der Waals surface area contributed by atoms with Crippen LogP contribution in [0.25, 0.3) is 0 Å². The number of amides is 1. The van der Waals surface area contributed by atoms with E-state index in [1.807, 2.05) is 0 Å². The number of carbonyl (C=O) groups excluding carboxylic acids is 1. The normalized spacial score (nSPS) is 16.7. The molecule has 4 atom stereocenters. The summed E-state index contributed by atoms with van der Waals surface area (Å²) in [5.41, 5.74) is 0. The molecule has 5 N–H and O–H groups in total. The van der Waals surface area contributed by atoms with Gasteiger partial charge in [0.15, 0.2) is 0 Å². The molecule has 1 amide bonds. The molecule has 0 aromatic heterocycles. The van der Waals surface area contributed by atoms with E-state index in [9.17, 15) is 25.2 Å². The molecule has 4 unspecified atom stereocenters. The lowest BCUT2D eigenvalue weighted by atomic mass is 10.0. The zero-order chi connectivity index (χ0) is 17.8. The molecule has 7 nitrogen and oxygen atoms in total. The van der Waals surface area contributed by atoms with Crippen LogP contribution in [0.5, 0.6) is 0 Å². The van der Waals surface area contributed by atoms with E-state index in [0.717, 1.165) is 19.3 Å². The van der Waals surface area contributed by atoms with Gasteiger partial charge in [0.05, 0.1) is 6.61 Å². The van der Waals surface area contributed by atoms with Crippen molar-refractivity contribution >= 4 is 5.91 Å². The molecule has 0 radical (unpaired) electrons. The van der Waals surface area contributed by atoms with Crippen LogP contribution in [0, 0.1) is 0 Å². The van der Waals surface area contributed by atoms with Crippen LogP contribution >= 0.6 is 0 Å². The Balaban J connectivity index is 4.05. The second-order valence-electron chi connectivity index (χ2n) is 6.09. The second kappa shape index (κ2) is 12.7. The first-order chi connectivity index (χ1) is 10.8. The number of aliphatic hydroxyl groups is 5. The number of aliphatic hydroxyl groups excluding tert-OH is 5. The van der Waals surface area contributed by atoms with Crippen molar-refractivity contribution in [3.63, 3.8) is 0 Å². The van der Waals surface area contributed by atoms with Crippen LogP contribution in [0.3, 0.4) is 0 Å². The lowest BCUT2D eigenvalue weighted by molar-refractivity contribution is -0.138. The molecule has 0 spiro atoms. The molecule has 0 rings (SSSR count). The number of hydrogen-bond donors (Lipinski definition) is 5. The quantitative estimate of drug-likeness (QED) is 0.293. The van der Waals surface area contributed by atoms with Gasteiger partial charge in [-0.25, -0.2) is 0 Å². The van der Waals surface area contributed by atoms with Gasteiger partial charge in [0.2, 0.25) is 5.91 Å². The molecule has 0 saturated carbocycles. The van der Waals surface area contributed by atoms with Crippen molar-refractivity contribution in [3.05, 3.63) is 0 Å². The molecule has 0 bridgehead atoms. The fraction of sp³-hybridized carbons (Fsp3) is 0.938. The Labute approximate surface area is 138 Å². The highest BCUT2D eigenvalue weighted by Crippen LogP contribution is 2.10. The van der Waals surface area contributed by atoms with Crippen molar-refractivity contribution in [2.75, 3.05) is 20.2 Å². The van der Waals surface area contributed by atoms with Gasteiger partial charge in [0.1, 0.15) is 24.4 Å². The van der Waals surface area contributed by atoms with Gasteiger partial charge in [0, 0.05) is 20.0 Å². The molecule has 0 fully saturated rings. The maximum Gasteiger partial charge on any atom is 0.222 e. The van der Waals surface area contributed by atoms with Crippen LogP contribution in [0.4, 0.5) is 0 Å². The largest absolute Gasteiger partial charge is 0.394 e. The predicted molar refractivity (Wildman–Crippen MR) is 86.7 cm³/mol. The van der Waals surface area contributed by atoms with Crippen molar-refractivity contribution in [2.24, 2.45) is 0 Å². The summed E-state index contributed by atoms with van der Waals surface area (Å²) >= 11 is 0. The summed E-state index contributed by atoms with van der Waals surface area (Å²) < 4.78 is 0. The van der Waals surface area contributed by atoms with Gasteiger partial charge in [-0.15, -0.1) is 0 Å². The Kier molecular flexibility index (Phi) is 12.3. The maximum atomic E-state index is 11.9. The van der Waals surface area contributed by atoms with Gasteiger partial charge in [0.25, 0.3) is 0 Å². The number of nitrogens with zero attached hydrogens (tertiary/aromatic N) is 1. The first-order valence-corrected chi connectivity index (χ1v) is 8.42. The molecular weight excluding hydrogens is 302 g/mol. The molecule has 7 heteroatoms. The van der Waals surface area contributed by atoms with Gasteiger partial charge >= 0.3 is 0 Å². The zero-order valence-corrected chi connectivity index (χ0v) is 14.3. The third-order valence-corrected chi connectivity index (χ3v) is 3.96. The fourth-order valence-corrected chi connectivity index (χ4v) is 2.30. The van der Waals surface area contributed by atoms with Crippen molar-refractivity contribution in [1.29, 1.82) is 0 Å². The molecule has 23 heavy (non-hydrogen) atoms. The van der Waals surface area contributed by atoms with Gasteiger partial charge in [-0.1, -0.05) is 39.0 Å². The maximum absolute atomic E-state index is 11.9. The molecule has 138 valence electrons. The molecular formula is C16H33NO6. The van der Waals surface area contributed by atoms with Crippen LogP contribution in [-0.2, 0) is 4.79 Å². The molecule has 0 saturated heterocycles. The molecule has 0 aliphatic rings. The van der Waals surface area contributed by atoms with Crippen LogP contribution in [0.15, 0.2) is 0 Å². The standard InChI is InChI=1S/C16H33NO6/c1-3-4-5-6-7-8-9-14(21)17(2)10-12(19)15(22)16(23)13(20)11-18/h12-13,15-16,18-20,22-23H,3-11H2,1-2H3. The topological polar surface area (TPSA) is 121 Å². The number of hydrogen-bond acceptors (Lipinski definition) is 6. The van der Waals surface area contributed by atoms with E-state index in [2.05, 4.69) is 6.92 Å². The minimum atomic E-state index is -1.67. The average molecular weight is 335 g/mol. The Hall–Kier alpha value is -0.730. The summed E-state index contributed by atoms with van der Waals surface area (Å²) in [5.74, 6) is -0.135. The van der Waals surface area contributed by atoms with Crippen molar-refractivity contribution in [2.45, 2.75) is 76.3 Å². The summed E-state index contributed by atoms with van der Waals surface area (Å²) in [6.45, 7) is 1.28. The summed E-state index contributed by atoms with van der Waals surface area (Å²) in [5, 5.41) is 47.0. The number of unbranched alkanes of at least 4 members (excludes halogenated alkanes) is 5. The van der Waals surface area contributed by atoms with E-state index < -0.39 is 31.0 Å². The van der Waals surface area contributed by atoms with Gasteiger partial charge in [-0.2, -0.15) is 0 Å². The summed E-state index contributed by atoms with van der Waals surface area (Å²) in [6.07, 6.45) is 0.593. The summed E-state index contributed by atoms with van der Waals surface area (Å²) in [6, 6.07) is 0. The fourth-order valence-electron chi connectivity index (χ4n) is 2.30. The van der Waals surface area contributed by atoms with Crippen molar-refractivity contribution < 1.29 is 30.3 Å². The predicted octanol–water partition coefficient (Wildman–Crippen LogP) is -0.369. The van der Waals surface area contributed by atoms with E-state index in [0.29, 0.717) is 6.42 Å². The minimum Gasteiger partial charge on any atom is -0.394 e. The van der Waals surface area contributed by atoms with E-state index in [-0.39, 0.29) is 12.5 Å². The summed E-state index contributed by atoms with van der Waals surface area (Å²) in [4.78, 5) is 13.2. The van der Waals surface area contributed by atoms with Crippen LogP contribution in [0.1, 0.15) is 51.9 Å². The Morgan fingerprint density at radius 2 is 1.43 bits per heavy atom. The van der Waals surface area contributed by atoms with Crippen molar-refractivity contribution in [1.82, 2.24) is 4.90 Å². The monoisotopic (exact) mass is 335 g/mol. The van der Waals surface area contributed by atoms with E-state index in [1.54, 1.807) is 0 Å². The Bertz CT molecular complexity index is 315. The molecule has 0 heterocycles. The van der Waals surface area contributed by atoms with Gasteiger partial charge < -0.3 is 30.4 Å². The van der Waals surface area contributed by atoms with Gasteiger partial charge in [-0.3, -0.25) is 4.79 Å². The van der Waals surface area contributed by atoms with Crippen LogP contribution < -0.4 is 0 Å². The van der Waals surface area contributed by atoms with E-state index in [1.165, 1.54) is 31.2 Å². The SMILES string of the molecule is CCCCCCCCC(=O)N(C)CC(O)C(O)C(O)C(O)CO. The van der Waals surface area contributed by atoms with Crippen LogP contribution in [0.2, 0.25) is 0 Å². The highest BCUT2D eigenvalue weighted by atomic mass is 16.4. The number of carbonyl (C=O) groups is 1. The van der Waals surface area contributed by atoms with Crippen molar-refractivity contribution in [3.8, 4) is 0 Å². The molecule has 0 aliphatic heterocycles. The molecule has 0 aromatic carbocycles. The number of likely N-dealkylation sites (N-methyl/N-ethyl adjacent to an activating group) is 1. The molecule has 0 aromatic rings. The summed E-state index contributed by atoms with van der Waals surface area (Å²) in [7, 11) is 1.52. The smallest absolute Gasteiger partial charge is 0.222 e. The van der Waals surface area contributed by atoms with Gasteiger partial charge in [-0.05, 0) is 6.42 Å². The van der Waals surface area contributed by atoms with Crippen LogP contribution in [-0.4, -0.2) is 81.0 Å². The Morgan fingerprint density at radius 1 is 0.913 bits per heavy atom. The highest BCUT2D eigenvalue weighted by molar-refractivity contribution is 5.75. The first kappa shape index (κ1) is 22.3. The highest BCUT2D eigenvalue weighted by Gasteiger charge is 2.31. The lowest BCUT2D eigenvalue weighted by Crippen LogP contribution is -2.49. The lowest BCUT2D eigenvalue weighted by Gasteiger charge is -2.28. The number of rotatable bonds is 13. The third kappa shape index (κ3) is 9.22. The molecule has 0 aliphatic carbocycles. The van der Waals surface area contributed by atoms with E-state index >= 15 is 0 Å². The first-order valence-electron chi connectivity index (χ1n) is 8.42. The third-order valence-electron chi connectivity index (χ3n) is 3.96.